The Hall–Kier alpha value is -2.70. The fourth-order valence-electron chi connectivity index (χ4n) is 2.74. The largest absolute Gasteiger partial charge is 0.444 e. The Balaban J connectivity index is 1.62. The monoisotopic (exact) mass is 447 g/mol. The third kappa shape index (κ3) is 5.90. The molecular weight excluding hydrogens is 425 g/mol. The number of carbonyl (C=O) groups excluding carboxylic acids is 1. The van der Waals surface area contributed by atoms with E-state index in [0.29, 0.717) is 40.2 Å². The van der Waals surface area contributed by atoms with E-state index >= 15 is 0 Å². The van der Waals surface area contributed by atoms with Gasteiger partial charge in [0.1, 0.15) is 11.3 Å². The minimum absolute atomic E-state index is 0.427. The third-order valence-electron chi connectivity index (χ3n) is 4.00. The second kappa shape index (κ2) is 9.41. The predicted octanol–water partition coefficient (Wildman–Crippen LogP) is 6.25. The van der Waals surface area contributed by atoms with Gasteiger partial charge in [-0.2, -0.15) is 0 Å². The number of hydrogen-bond donors (Lipinski definition) is 2. The van der Waals surface area contributed by atoms with Gasteiger partial charge in [-0.25, -0.2) is 4.79 Å². The number of hydrogen-bond acceptors (Lipinski definition) is 5. The van der Waals surface area contributed by atoms with Crippen LogP contribution in [0.4, 0.5) is 10.5 Å². The Morgan fingerprint density at radius 2 is 1.77 bits per heavy atom. The molecule has 0 aliphatic heterocycles. The van der Waals surface area contributed by atoms with Crippen molar-refractivity contribution in [1.29, 1.82) is 0 Å². The zero-order valence-corrected chi connectivity index (χ0v) is 18.5. The van der Waals surface area contributed by atoms with E-state index in [4.69, 9.17) is 32.5 Å². The van der Waals surface area contributed by atoms with Gasteiger partial charge in [-0.05, 0) is 45.0 Å². The van der Waals surface area contributed by atoms with Gasteiger partial charge in [0.2, 0.25) is 0 Å². The molecule has 3 rings (SSSR count). The maximum atomic E-state index is 11.7. The highest BCUT2D eigenvalue weighted by Crippen LogP contribution is 2.36. The van der Waals surface area contributed by atoms with Crippen LogP contribution < -0.4 is 10.6 Å². The second-order valence-electron chi connectivity index (χ2n) is 7.61. The molecular formula is C22H23Cl2N3O3. The van der Waals surface area contributed by atoms with Crippen molar-refractivity contribution in [2.24, 2.45) is 0 Å². The summed E-state index contributed by atoms with van der Waals surface area (Å²) in [5.41, 5.74) is 2.42. The molecule has 6 nitrogen and oxygen atoms in total. The van der Waals surface area contributed by atoms with Crippen LogP contribution in [0.1, 0.15) is 20.8 Å². The first kappa shape index (κ1) is 22.0. The van der Waals surface area contributed by atoms with Crippen LogP contribution in [-0.4, -0.2) is 29.9 Å². The Labute approximate surface area is 185 Å². The second-order valence-corrected chi connectivity index (χ2v) is 8.42. The van der Waals surface area contributed by atoms with E-state index in [-0.39, 0.29) is 0 Å². The Kier molecular flexibility index (Phi) is 6.90. The first-order valence-corrected chi connectivity index (χ1v) is 10.2. The molecule has 30 heavy (non-hydrogen) atoms. The fraction of sp³-hybridized carbons (Fsp3) is 0.273. The normalized spacial score (nSPS) is 11.2. The summed E-state index contributed by atoms with van der Waals surface area (Å²) in [6.45, 7) is 6.44. The summed E-state index contributed by atoms with van der Waals surface area (Å²) >= 11 is 12.5. The Morgan fingerprint density at radius 3 is 2.47 bits per heavy atom. The molecule has 158 valence electrons. The van der Waals surface area contributed by atoms with Crippen molar-refractivity contribution in [3.8, 4) is 22.6 Å². The molecule has 0 bridgehead atoms. The number of nitrogens with one attached hydrogen (secondary N) is 2. The lowest BCUT2D eigenvalue weighted by atomic mass is 10.1. The maximum absolute atomic E-state index is 11.7. The molecule has 0 aliphatic carbocycles. The van der Waals surface area contributed by atoms with E-state index in [0.717, 1.165) is 11.3 Å². The van der Waals surface area contributed by atoms with Crippen LogP contribution >= 0.6 is 23.2 Å². The molecule has 0 fully saturated rings. The standard InChI is InChI=1S/C22H23Cl2N3O3/c1-22(2,3)29-21(28)26-11-10-25-15-7-4-6-14(12-15)19-13-18(27-30-19)20-16(23)8-5-9-17(20)24/h4-9,12-13,25H,10-11H2,1-3H3,(H,26,28). The van der Waals surface area contributed by atoms with Crippen LogP contribution in [-0.2, 0) is 4.74 Å². The molecule has 2 aromatic carbocycles. The summed E-state index contributed by atoms with van der Waals surface area (Å²) in [5.74, 6) is 0.594. The molecule has 1 amide bonds. The highest BCUT2D eigenvalue weighted by atomic mass is 35.5. The number of nitrogens with zero attached hydrogens (tertiary/aromatic N) is 1. The number of alkyl carbamates (subject to hydrolysis) is 1. The Morgan fingerprint density at radius 1 is 1.07 bits per heavy atom. The van der Waals surface area contributed by atoms with Crippen molar-refractivity contribution < 1.29 is 14.1 Å². The number of anilines is 1. The van der Waals surface area contributed by atoms with E-state index in [1.54, 1.807) is 24.3 Å². The van der Waals surface area contributed by atoms with Gasteiger partial charge in [0.25, 0.3) is 0 Å². The van der Waals surface area contributed by atoms with Crippen LogP contribution in [0, 0.1) is 0 Å². The SMILES string of the molecule is CC(C)(C)OC(=O)NCCNc1cccc(-c2cc(-c3c(Cl)cccc3Cl)no2)c1. The fourth-order valence-corrected chi connectivity index (χ4v) is 3.33. The minimum Gasteiger partial charge on any atom is -0.444 e. The highest BCUT2D eigenvalue weighted by Gasteiger charge is 2.16. The maximum Gasteiger partial charge on any atom is 0.407 e. The predicted molar refractivity (Wildman–Crippen MR) is 120 cm³/mol. The van der Waals surface area contributed by atoms with Gasteiger partial charge in [-0.15, -0.1) is 0 Å². The van der Waals surface area contributed by atoms with Crippen molar-refractivity contribution in [1.82, 2.24) is 10.5 Å². The van der Waals surface area contributed by atoms with Crippen LogP contribution in [0.25, 0.3) is 22.6 Å². The van der Waals surface area contributed by atoms with Crippen LogP contribution in [0.3, 0.4) is 0 Å². The summed E-state index contributed by atoms with van der Waals surface area (Å²) in [6.07, 6.45) is -0.439. The third-order valence-corrected chi connectivity index (χ3v) is 4.63. The molecule has 0 saturated heterocycles. The van der Waals surface area contributed by atoms with Gasteiger partial charge >= 0.3 is 6.09 Å². The van der Waals surface area contributed by atoms with E-state index in [1.165, 1.54) is 0 Å². The molecule has 1 aromatic heterocycles. The lowest BCUT2D eigenvalue weighted by Gasteiger charge is -2.19. The quantitative estimate of drug-likeness (QED) is 0.436. The summed E-state index contributed by atoms with van der Waals surface area (Å²) in [4.78, 5) is 11.7. The number of ether oxygens (including phenoxy) is 1. The summed E-state index contributed by atoms with van der Waals surface area (Å²) in [6, 6.07) is 14.8. The summed E-state index contributed by atoms with van der Waals surface area (Å²) < 4.78 is 10.7. The number of carbonyl (C=O) groups is 1. The molecule has 2 N–H and O–H groups in total. The number of amides is 1. The topological polar surface area (TPSA) is 76.4 Å². The molecule has 1 heterocycles. The zero-order chi connectivity index (χ0) is 21.7. The van der Waals surface area contributed by atoms with Crippen LogP contribution in [0.15, 0.2) is 53.1 Å². The molecule has 0 radical (unpaired) electrons. The van der Waals surface area contributed by atoms with Gasteiger partial charge in [0.15, 0.2) is 5.76 Å². The van der Waals surface area contributed by atoms with E-state index in [1.807, 2.05) is 45.0 Å². The van der Waals surface area contributed by atoms with Crippen molar-refractivity contribution in [3.63, 3.8) is 0 Å². The zero-order valence-electron chi connectivity index (χ0n) is 17.0. The molecule has 0 atom stereocenters. The number of halogens is 2. The molecule has 0 saturated carbocycles. The van der Waals surface area contributed by atoms with Crippen molar-refractivity contribution in [3.05, 3.63) is 58.6 Å². The highest BCUT2D eigenvalue weighted by molar-refractivity contribution is 6.39. The first-order valence-electron chi connectivity index (χ1n) is 9.45. The van der Waals surface area contributed by atoms with Crippen molar-refractivity contribution in [2.45, 2.75) is 26.4 Å². The lowest BCUT2D eigenvalue weighted by molar-refractivity contribution is 0.0530. The van der Waals surface area contributed by atoms with Crippen molar-refractivity contribution >= 4 is 35.0 Å². The van der Waals surface area contributed by atoms with Gasteiger partial charge in [0.05, 0.1) is 10.0 Å². The lowest BCUT2D eigenvalue weighted by Crippen LogP contribution is -2.34. The number of aromatic nitrogens is 1. The average molecular weight is 448 g/mol. The number of rotatable bonds is 6. The van der Waals surface area contributed by atoms with Gasteiger partial charge in [-0.1, -0.05) is 46.6 Å². The molecule has 0 aliphatic rings. The van der Waals surface area contributed by atoms with Gasteiger partial charge in [-0.3, -0.25) is 0 Å². The van der Waals surface area contributed by atoms with Crippen LogP contribution in [0.2, 0.25) is 10.0 Å². The molecule has 8 heteroatoms. The average Bonchev–Trinajstić information content (AvgIpc) is 3.14. The molecule has 0 unspecified atom stereocenters. The first-order chi connectivity index (χ1) is 14.2. The van der Waals surface area contributed by atoms with Gasteiger partial charge < -0.3 is 19.9 Å². The minimum atomic E-state index is -0.518. The smallest absolute Gasteiger partial charge is 0.407 e. The van der Waals surface area contributed by atoms with Crippen molar-refractivity contribution in [2.75, 3.05) is 18.4 Å². The van der Waals surface area contributed by atoms with Gasteiger partial charge in [0, 0.05) is 36.0 Å². The summed E-state index contributed by atoms with van der Waals surface area (Å²) in [5, 5.41) is 11.1. The number of benzene rings is 2. The Bertz CT molecular complexity index is 1010. The van der Waals surface area contributed by atoms with E-state index in [9.17, 15) is 4.79 Å². The summed E-state index contributed by atoms with van der Waals surface area (Å²) in [7, 11) is 0. The van der Waals surface area contributed by atoms with E-state index < -0.39 is 11.7 Å². The molecule has 0 spiro atoms. The molecule has 3 aromatic rings. The van der Waals surface area contributed by atoms with Crippen LogP contribution in [0.5, 0.6) is 0 Å². The van der Waals surface area contributed by atoms with E-state index in [2.05, 4.69) is 15.8 Å².